The van der Waals surface area contributed by atoms with Gasteiger partial charge in [0, 0.05) is 24.2 Å². The summed E-state index contributed by atoms with van der Waals surface area (Å²) in [4.78, 5) is 16.5. The first-order valence-electron chi connectivity index (χ1n) is 6.23. The highest BCUT2D eigenvalue weighted by atomic mass is 16.2. The van der Waals surface area contributed by atoms with Gasteiger partial charge in [0.2, 0.25) is 0 Å². The van der Waals surface area contributed by atoms with Crippen molar-refractivity contribution in [3.63, 3.8) is 0 Å². The minimum atomic E-state index is -0.127. The number of carbonyl (C=O) groups is 1. The van der Waals surface area contributed by atoms with Gasteiger partial charge in [-0.3, -0.25) is 0 Å². The summed E-state index contributed by atoms with van der Waals surface area (Å²) < 4.78 is 0. The van der Waals surface area contributed by atoms with Crippen LogP contribution in [0, 0.1) is 0 Å². The molecule has 16 heavy (non-hydrogen) atoms. The van der Waals surface area contributed by atoms with Gasteiger partial charge in [-0.05, 0) is 54.4 Å². The van der Waals surface area contributed by atoms with Crippen LogP contribution in [0.15, 0.2) is 0 Å². The van der Waals surface area contributed by atoms with Gasteiger partial charge in [-0.1, -0.05) is 0 Å². The van der Waals surface area contributed by atoms with Gasteiger partial charge in [0.05, 0.1) is 0 Å². The maximum Gasteiger partial charge on any atom is 0.320 e. The third-order valence-electron chi connectivity index (χ3n) is 2.91. The zero-order chi connectivity index (χ0) is 12.6. The average molecular weight is 226 g/mol. The molecule has 0 N–H and O–H groups in total. The topological polar surface area (TPSA) is 23.6 Å². The molecule has 94 valence electrons. The molecule has 0 aromatic heterocycles. The number of hydrogen-bond donors (Lipinski definition) is 0. The Morgan fingerprint density at radius 3 is 1.62 bits per heavy atom. The van der Waals surface area contributed by atoms with E-state index >= 15 is 0 Å². The molecule has 0 unspecified atom stereocenters. The molecule has 0 aliphatic carbocycles. The van der Waals surface area contributed by atoms with Crippen molar-refractivity contribution >= 4 is 6.03 Å². The quantitative estimate of drug-likeness (QED) is 0.622. The number of hydrogen-bond acceptors (Lipinski definition) is 1. The molecular formula is C13H26N2O. The molecule has 3 nitrogen and oxygen atoms in total. The van der Waals surface area contributed by atoms with E-state index in [0.717, 1.165) is 25.9 Å². The Morgan fingerprint density at radius 2 is 1.31 bits per heavy atom. The number of rotatable bonds is 0. The largest absolute Gasteiger partial charge is 0.325 e. The van der Waals surface area contributed by atoms with Gasteiger partial charge in [0.25, 0.3) is 0 Å². The number of amides is 2. The Kier molecular flexibility index (Phi) is 3.56. The first-order valence-corrected chi connectivity index (χ1v) is 6.23. The van der Waals surface area contributed by atoms with E-state index < -0.39 is 0 Å². The van der Waals surface area contributed by atoms with Gasteiger partial charge < -0.3 is 9.80 Å². The van der Waals surface area contributed by atoms with Crippen molar-refractivity contribution < 1.29 is 4.79 Å². The number of carbonyl (C=O) groups excluding carboxylic acids is 1. The standard InChI is InChI=1S/C13H26N2O/c1-12(2,3)15(13(4,5)6)11(16)14-9-7-8-10-14/h7-10H2,1-6H3. The first-order chi connectivity index (χ1) is 7.14. The van der Waals surface area contributed by atoms with E-state index in [1.165, 1.54) is 0 Å². The Bertz CT molecular complexity index is 240. The second kappa shape index (κ2) is 4.27. The predicted molar refractivity (Wildman–Crippen MR) is 67.5 cm³/mol. The SMILES string of the molecule is CC(C)(C)N(C(=O)N1CCCC1)C(C)(C)C. The zero-order valence-corrected chi connectivity index (χ0v) is 11.6. The van der Waals surface area contributed by atoms with Crippen molar-refractivity contribution in [2.75, 3.05) is 13.1 Å². The van der Waals surface area contributed by atoms with Crippen LogP contribution in [-0.4, -0.2) is 40.0 Å². The lowest BCUT2D eigenvalue weighted by Crippen LogP contribution is -2.59. The van der Waals surface area contributed by atoms with Gasteiger partial charge in [0.1, 0.15) is 0 Å². The van der Waals surface area contributed by atoms with E-state index in [0.29, 0.717) is 0 Å². The first kappa shape index (κ1) is 13.3. The molecule has 0 aromatic rings. The van der Waals surface area contributed by atoms with Crippen molar-refractivity contribution in [3.05, 3.63) is 0 Å². The van der Waals surface area contributed by atoms with Gasteiger partial charge in [-0.2, -0.15) is 0 Å². The van der Waals surface area contributed by atoms with Crippen LogP contribution >= 0.6 is 0 Å². The van der Waals surface area contributed by atoms with E-state index in [1.54, 1.807) is 0 Å². The molecule has 0 aromatic carbocycles. The van der Waals surface area contributed by atoms with Crippen molar-refractivity contribution in [3.8, 4) is 0 Å². The lowest BCUT2D eigenvalue weighted by Gasteiger charge is -2.46. The number of nitrogens with zero attached hydrogens (tertiary/aromatic N) is 2. The summed E-state index contributed by atoms with van der Waals surface area (Å²) in [5, 5.41) is 0. The molecule has 3 heteroatoms. The monoisotopic (exact) mass is 226 g/mol. The molecule has 2 amide bonds. The maximum absolute atomic E-state index is 12.5. The Balaban J connectivity index is 2.89. The molecule has 1 saturated heterocycles. The van der Waals surface area contributed by atoms with Gasteiger partial charge >= 0.3 is 6.03 Å². The number of likely N-dealkylation sites (tertiary alicyclic amines) is 1. The zero-order valence-electron chi connectivity index (χ0n) is 11.6. The van der Waals surface area contributed by atoms with E-state index in [1.807, 2.05) is 9.80 Å². The Hall–Kier alpha value is -0.730. The minimum absolute atomic E-state index is 0.127. The normalized spacial score (nSPS) is 17.8. The molecular weight excluding hydrogens is 200 g/mol. The fraction of sp³-hybridized carbons (Fsp3) is 0.923. The molecule has 1 heterocycles. The summed E-state index contributed by atoms with van der Waals surface area (Å²) in [6.07, 6.45) is 2.29. The van der Waals surface area contributed by atoms with Gasteiger partial charge in [0.15, 0.2) is 0 Å². The maximum atomic E-state index is 12.5. The van der Waals surface area contributed by atoms with E-state index in [9.17, 15) is 4.79 Å². The fourth-order valence-electron chi connectivity index (χ4n) is 2.63. The lowest BCUT2D eigenvalue weighted by molar-refractivity contribution is 0.0542. The van der Waals surface area contributed by atoms with Crippen molar-refractivity contribution in [2.45, 2.75) is 65.5 Å². The second-order valence-corrected chi connectivity index (χ2v) is 6.65. The lowest BCUT2D eigenvalue weighted by atomic mass is 9.96. The predicted octanol–water partition coefficient (Wildman–Crippen LogP) is 3.10. The minimum Gasteiger partial charge on any atom is -0.325 e. The van der Waals surface area contributed by atoms with Crippen LogP contribution in [0.25, 0.3) is 0 Å². The molecule has 0 spiro atoms. The molecule has 0 atom stereocenters. The van der Waals surface area contributed by atoms with E-state index in [-0.39, 0.29) is 17.1 Å². The van der Waals surface area contributed by atoms with Crippen LogP contribution in [0.1, 0.15) is 54.4 Å². The highest BCUT2D eigenvalue weighted by molar-refractivity contribution is 5.76. The summed E-state index contributed by atoms with van der Waals surface area (Å²) in [5.41, 5.74) is -0.254. The van der Waals surface area contributed by atoms with E-state index in [4.69, 9.17) is 0 Å². The highest BCUT2D eigenvalue weighted by Gasteiger charge is 2.38. The summed E-state index contributed by atoms with van der Waals surface area (Å²) in [5.74, 6) is 0. The smallest absolute Gasteiger partial charge is 0.320 e. The van der Waals surface area contributed by atoms with E-state index in [2.05, 4.69) is 41.5 Å². The summed E-state index contributed by atoms with van der Waals surface area (Å²) >= 11 is 0. The Morgan fingerprint density at radius 1 is 0.938 bits per heavy atom. The molecule has 1 aliphatic rings. The summed E-state index contributed by atoms with van der Waals surface area (Å²) in [6, 6.07) is 0.192. The number of urea groups is 1. The van der Waals surface area contributed by atoms with Gasteiger partial charge in [-0.15, -0.1) is 0 Å². The summed E-state index contributed by atoms with van der Waals surface area (Å²) in [6.45, 7) is 14.5. The van der Waals surface area contributed by atoms with Crippen molar-refractivity contribution in [1.82, 2.24) is 9.80 Å². The molecule has 0 saturated carbocycles. The van der Waals surface area contributed by atoms with Gasteiger partial charge in [-0.25, -0.2) is 4.79 Å². The Labute approximate surface area is 99.8 Å². The fourth-order valence-corrected chi connectivity index (χ4v) is 2.63. The summed E-state index contributed by atoms with van der Waals surface area (Å²) in [7, 11) is 0. The van der Waals surface area contributed by atoms with Crippen molar-refractivity contribution in [1.29, 1.82) is 0 Å². The van der Waals surface area contributed by atoms with Crippen LogP contribution in [0.3, 0.4) is 0 Å². The highest BCUT2D eigenvalue weighted by Crippen LogP contribution is 2.27. The molecule has 0 radical (unpaired) electrons. The third kappa shape index (κ3) is 2.89. The molecule has 1 aliphatic heterocycles. The average Bonchev–Trinajstić information content (AvgIpc) is 2.48. The van der Waals surface area contributed by atoms with Crippen LogP contribution in [0.2, 0.25) is 0 Å². The molecule has 1 fully saturated rings. The molecule has 1 rings (SSSR count). The van der Waals surface area contributed by atoms with Crippen LogP contribution < -0.4 is 0 Å². The van der Waals surface area contributed by atoms with Crippen LogP contribution in [-0.2, 0) is 0 Å². The molecule has 0 bridgehead atoms. The van der Waals surface area contributed by atoms with Crippen LogP contribution in [0.5, 0.6) is 0 Å². The third-order valence-corrected chi connectivity index (χ3v) is 2.91. The van der Waals surface area contributed by atoms with Crippen molar-refractivity contribution in [2.24, 2.45) is 0 Å². The van der Waals surface area contributed by atoms with Crippen LogP contribution in [0.4, 0.5) is 4.79 Å². The second-order valence-electron chi connectivity index (χ2n) is 6.65.